The van der Waals surface area contributed by atoms with Gasteiger partial charge in [0.25, 0.3) is 0 Å². The van der Waals surface area contributed by atoms with Crippen molar-refractivity contribution in [3.05, 3.63) is 60.6 Å². The van der Waals surface area contributed by atoms with E-state index in [1.807, 2.05) is 53.9 Å². The Balaban J connectivity index is 1.62. The van der Waals surface area contributed by atoms with E-state index in [4.69, 9.17) is 0 Å². The lowest BCUT2D eigenvalue weighted by Crippen LogP contribution is -2.44. The van der Waals surface area contributed by atoms with Gasteiger partial charge in [-0.1, -0.05) is 31.5 Å². The van der Waals surface area contributed by atoms with Crippen molar-refractivity contribution in [3.63, 3.8) is 0 Å². The van der Waals surface area contributed by atoms with Crippen LogP contribution in [0.2, 0.25) is 0 Å². The van der Waals surface area contributed by atoms with Crippen LogP contribution in [0.25, 0.3) is 10.9 Å². The van der Waals surface area contributed by atoms with Crippen molar-refractivity contribution in [2.75, 3.05) is 13.1 Å². The van der Waals surface area contributed by atoms with E-state index in [2.05, 4.69) is 4.98 Å². The van der Waals surface area contributed by atoms with E-state index in [0.717, 1.165) is 30.3 Å². The molecule has 1 aromatic carbocycles. The molecule has 4 rings (SSSR count). The molecule has 1 aliphatic rings. The fraction of sp³-hybridized carbons (Fsp3) is 0.417. The quantitative estimate of drug-likeness (QED) is 0.469. The maximum Gasteiger partial charge on any atom is 0.245 e. The molecule has 3 aromatic rings. The van der Waals surface area contributed by atoms with Crippen molar-refractivity contribution in [1.82, 2.24) is 18.8 Å². The van der Waals surface area contributed by atoms with Crippen LogP contribution in [0.15, 0.2) is 59.8 Å². The number of rotatable bonds is 10. The van der Waals surface area contributed by atoms with Crippen LogP contribution in [-0.4, -0.2) is 52.2 Å². The highest BCUT2D eigenvalue weighted by Crippen LogP contribution is 2.30. The lowest BCUT2D eigenvalue weighted by atomic mass is 10.2. The number of para-hydroxylation sites is 1. The van der Waals surface area contributed by atoms with E-state index in [-0.39, 0.29) is 23.4 Å². The Bertz CT molecular complexity index is 1200. The van der Waals surface area contributed by atoms with E-state index < -0.39 is 10.0 Å². The lowest BCUT2D eigenvalue weighted by molar-refractivity contribution is -0.132. The molecule has 1 fully saturated rings. The Hall–Kier alpha value is -2.71. The highest BCUT2D eigenvalue weighted by molar-refractivity contribution is 7.89. The molecule has 170 valence electrons. The van der Waals surface area contributed by atoms with E-state index >= 15 is 0 Å². The van der Waals surface area contributed by atoms with Crippen molar-refractivity contribution in [2.45, 2.75) is 50.1 Å². The molecular formula is C24H30N4O3S. The zero-order valence-corrected chi connectivity index (χ0v) is 19.5. The van der Waals surface area contributed by atoms with E-state index in [1.165, 1.54) is 4.31 Å². The van der Waals surface area contributed by atoms with Crippen LogP contribution in [0.3, 0.4) is 0 Å². The van der Waals surface area contributed by atoms with Crippen LogP contribution in [0.1, 0.15) is 38.3 Å². The van der Waals surface area contributed by atoms with Crippen LogP contribution < -0.4 is 0 Å². The van der Waals surface area contributed by atoms with Gasteiger partial charge in [0.2, 0.25) is 15.9 Å². The Labute approximate surface area is 189 Å². The second-order valence-corrected chi connectivity index (χ2v) is 10.3. The summed E-state index contributed by atoms with van der Waals surface area (Å²) < 4.78 is 30.7. The van der Waals surface area contributed by atoms with E-state index in [1.54, 1.807) is 24.4 Å². The third-order valence-corrected chi connectivity index (χ3v) is 7.85. The number of fused-ring (bicyclic) bond motifs is 1. The highest BCUT2D eigenvalue weighted by Gasteiger charge is 2.36. The van der Waals surface area contributed by atoms with Gasteiger partial charge in [-0.3, -0.25) is 9.78 Å². The third-order valence-electron chi connectivity index (χ3n) is 5.98. The Morgan fingerprint density at radius 2 is 1.94 bits per heavy atom. The standard InChI is InChI=1S/C24H30N4O3S/c1-3-4-16-27(32(30,31)22-11-5-8-19-9-6-14-25-24(19)22)18-23(29)28(20-12-13-20)17-21-10-7-15-26(21)2/h5-11,14-15,20H,3-4,12-13,16-18H2,1-2H3. The average Bonchev–Trinajstić information content (AvgIpc) is 3.55. The zero-order chi connectivity index (χ0) is 22.7. The number of unbranched alkanes of at least 4 members (excludes halogenated alkanes) is 1. The molecule has 0 saturated heterocycles. The molecule has 0 aliphatic heterocycles. The SMILES string of the molecule is CCCCN(CC(=O)N(Cc1cccn1C)C1CC1)S(=O)(=O)c1cccc2cccnc12. The van der Waals surface area contributed by atoms with Crippen LogP contribution in [0.5, 0.6) is 0 Å². The largest absolute Gasteiger partial charge is 0.353 e. The van der Waals surface area contributed by atoms with Crippen molar-refractivity contribution in [2.24, 2.45) is 7.05 Å². The van der Waals surface area contributed by atoms with Crippen molar-refractivity contribution in [3.8, 4) is 0 Å². The number of aryl methyl sites for hydroxylation is 1. The number of sulfonamides is 1. The number of nitrogens with zero attached hydrogens (tertiary/aromatic N) is 4. The maximum absolute atomic E-state index is 13.7. The summed E-state index contributed by atoms with van der Waals surface area (Å²) in [6.07, 6.45) is 7.00. The van der Waals surface area contributed by atoms with Crippen LogP contribution in [0, 0.1) is 0 Å². The van der Waals surface area contributed by atoms with Gasteiger partial charge < -0.3 is 9.47 Å². The topological polar surface area (TPSA) is 75.5 Å². The predicted octanol–water partition coefficient (Wildman–Crippen LogP) is 3.56. The molecule has 1 saturated carbocycles. The minimum Gasteiger partial charge on any atom is -0.353 e. The summed E-state index contributed by atoms with van der Waals surface area (Å²) in [7, 11) is -1.93. The van der Waals surface area contributed by atoms with Gasteiger partial charge >= 0.3 is 0 Å². The van der Waals surface area contributed by atoms with Gasteiger partial charge in [-0.2, -0.15) is 4.31 Å². The van der Waals surface area contributed by atoms with Gasteiger partial charge in [0, 0.05) is 43.1 Å². The normalized spacial score (nSPS) is 14.2. The number of pyridine rings is 1. The van der Waals surface area contributed by atoms with Crippen molar-refractivity contribution in [1.29, 1.82) is 0 Å². The fourth-order valence-electron chi connectivity index (χ4n) is 3.93. The monoisotopic (exact) mass is 454 g/mol. The molecule has 32 heavy (non-hydrogen) atoms. The van der Waals surface area contributed by atoms with Crippen LogP contribution in [-0.2, 0) is 28.4 Å². The van der Waals surface area contributed by atoms with Crippen LogP contribution >= 0.6 is 0 Å². The van der Waals surface area contributed by atoms with Crippen molar-refractivity contribution < 1.29 is 13.2 Å². The number of amides is 1. The van der Waals surface area contributed by atoms with Gasteiger partial charge in [0.1, 0.15) is 4.90 Å². The average molecular weight is 455 g/mol. The Morgan fingerprint density at radius 1 is 1.16 bits per heavy atom. The highest BCUT2D eigenvalue weighted by atomic mass is 32.2. The molecule has 0 radical (unpaired) electrons. The maximum atomic E-state index is 13.7. The summed E-state index contributed by atoms with van der Waals surface area (Å²) in [5.41, 5.74) is 1.47. The molecule has 0 N–H and O–H groups in total. The fourth-order valence-corrected chi connectivity index (χ4v) is 5.52. The number of carbonyl (C=O) groups excluding carboxylic acids is 1. The van der Waals surface area contributed by atoms with Gasteiger partial charge in [0.05, 0.1) is 18.6 Å². The molecule has 2 heterocycles. The molecule has 0 atom stereocenters. The molecule has 7 nitrogen and oxygen atoms in total. The second kappa shape index (κ2) is 9.42. The minimum atomic E-state index is -3.89. The first-order valence-corrected chi connectivity index (χ1v) is 12.6. The summed E-state index contributed by atoms with van der Waals surface area (Å²) in [5, 5.41) is 0.763. The summed E-state index contributed by atoms with van der Waals surface area (Å²) in [5.74, 6) is -0.151. The summed E-state index contributed by atoms with van der Waals surface area (Å²) in [6.45, 7) is 2.64. The van der Waals surface area contributed by atoms with Crippen LogP contribution in [0.4, 0.5) is 0 Å². The first-order valence-electron chi connectivity index (χ1n) is 11.2. The predicted molar refractivity (Wildman–Crippen MR) is 124 cm³/mol. The molecule has 0 spiro atoms. The number of hydrogen-bond donors (Lipinski definition) is 0. The Morgan fingerprint density at radius 3 is 2.62 bits per heavy atom. The summed E-state index contributed by atoms with van der Waals surface area (Å²) in [4.78, 5) is 19.7. The summed E-state index contributed by atoms with van der Waals surface area (Å²) in [6, 6.07) is 12.9. The smallest absolute Gasteiger partial charge is 0.245 e. The third kappa shape index (κ3) is 4.71. The molecule has 0 bridgehead atoms. The number of aromatic nitrogens is 2. The first-order chi connectivity index (χ1) is 15.4. The number of benzene rings is 1. The van der Waals surface area contributed by atoms with Gasteiger partial charge in [-0.15, -0.1) is 0 Å². The van der Waals surface area contributed by atoms with Crippen molar-refractivity contribution >= 4 is 26.8 Å². The molecule has 2 aromatic heterocycles. The number of hydrogen-bond acceptors (Lipinski definition) is 4. The molecule has 1 amide bonds. The molecule has 1 aliphatic carbocycles. The van der Waals surface area contributed by atoms with Gasteiger partial charge in [-0.25, -0.2) is 8.42 Å². The Kier molecular flexibility index (Phi) is 6.62. The van der Waals surface area contributed by atoms with Gasteiger partial charge in [0.15, 0.2) is 0 Å². The minimum absolute atomic E-state index is 0.151. The molecular weight excluding hydrogens is 424 g/mol. The van der Waals surface area contributed by atoms with E-state index in [9.17, 15) is 13.2 Å². The first kappa shape index (κ1) is 22.5. The zero-order valence-electron chi connectivity index (χ0n) is 18.6. The number of carbonyl (C=O) groups is 1. The van der Waals surface area contributed by atoms with E-state index in [0.29, 0.717) is 25.0 Å². The van der Waals surface area contributed by atoms with Gasteiger partial charge in [-0.05, 0) is 43.5 Å². The lowest BCUT2D eigenvalue weighted by Gasteiger charge is -2.27. The molecule has 0 unspecified atom stereocenters. The summed E-state index contributed by atoms with van der Waals surface area (Å²) >= 11 is 0. The second-order valence-electron chi connectivity index (χ2n) is 8.39. The molecule has 8 heteroatoms.